The summed E-state index contributed by atoms with van der Waals surface area (Å²) < 4.78 is 0. The van der Waals surface area contributed by atoms with Gasteiger partial charge in [-0.15, -0.1) is 0 Å². The smallest absolute Gasteiger partial charge is 0.00110 e. The number of rotatable bonds is 1. The van der Waals surface area contributed by atoms with Crippen molar-refractivity contribution in [3.63, 3.8) is 0 Å². The van der Waals surface area contributed by atoms with Crippen molar-refractivity contribution in [2.45, 2.75) is 32.6 Å². The van der Waals surface area contributed by atoms with E-state index in [2.05, 4.69) is 12.2 Å². The van der Waals surface area contributed by atoms with E-state index in [9.17, 15) is 0 Å². The van der Waals surface area contributed by atoms with Crippen molar-refractivity contribution in [1.29, 1.82) is 0 Å². The van der Waals surface area contributed by atoms with Gasteiger partial charge in [-0.2, -0.15) is 0 Å². The van der Waals surface area contributed by atoms with Gasteiger partial charge in [-0.25, -0.2) is 0 Å². The topological polar surface area (TPSA) is 12.0 Å². The van der Waals surface area contributed by atoms with Crippen LogP contribution in [-0.4, -0.2) is 13.1 Å². The van der Waals surface area contributed by atoms with Gasteiger partial charge in [-0.3, -0.25) is 0 Å². The number of fused-ring (bicyclic) bond motifs is 1. The molecule has 1 saturated heterocycles. The average molecular weight is 139 g/mol. The van der Waals surface area contributed by atoms with Gasteiger partial charge >= 0.3 is 0 Å². The highest BCUT2D eigenvalue weighted by Crippen LogP contribution is 2.47. The van der Waals surface area contributed by atoms with E-state index in [1.165, 1.54) is 38.8 Å². The molecule has 0 amide bonds. The van der Waals surface area contributed by atoms with Crippen LogP contribution in [0, 0.1) is 11.3 Å². The minimum absolute atomic E-state index is 0.736. The van der Waals surface area contributed by atoms with Crippen LogP contribution in [0.1, 0.15) is 32.6 Å². The van der Waals surface area contributed by atoms with E-state index >= 15 is 0 Å². The first-order valence-corrected chi connectivity index (χ1v) is 4.58. The maximum absolute atomic E-state index is 3.52. The van der Waals surface area contributed by atoms with Crippen molar-refractivity contribution in [3.8, 4) is 0 Å². The molecule has 10 heavy (non-hydrogen) atoms. The normalized spacial score (nSPS) is 45.9. The lowest BCUT2D eigenvalue weighted by atomic mass is 9.78. The van der Waals surface area contributed by atoms with Gasteiger partial charge in [-0.1, -0.05) is 13.3 Å². The monoisotopic (exact) mass is 139 g/mol. The van der Waals surface area contributed by atoms with Crippen LogP contribution in [0.25, 0.3) is 0 Å². The van der Waals surface area contributed by atoms with Crippen molar-refractivity contribution < 1.29 is 0 Å². The summed E-state index contributed by atoms with van der Waals surface area (Å²) in [6.07, 6.45) is 5.85. The van der Waals surface area contributed by atoms with Crippen molar-refractivity contribution in [1.82, 2.24) is 5.32 Å². The van der Waals surface area contributed by atoms with Crippen molar-refractivity contribution >= 4 is 0 Å². The number of hydrogen-bond acceptors (Lipinski definition) is 1. The summed E-state index contributed by atoms with van der Waals surface area (Å²) in [5.74, 6) is 1.03. The van der Waals surface area contributed by atoms with E-state index in [1.807, 2.05) is 0 Å². The minimum atomic E-state index is 0.736. The van der Waals surface area contributed by atoms with E-state index in [-0.39, 0.29) is 0 Å². The van der Waals surface area contributed by atoms with Crippen molar-refractivity contribution in [2.75, 3.05) is 13.1 Å². The van der Waals surface area contributed by atoms with Gasteiger partial charge in [-0.05, 0) is 37.1 Å². The molecule has 2 fully saturated rings. The molecular formula is C9H17N. The fraction of sp³-hybridized carbons (Fsp3) is 1.00. The largest absolute Gasteiger partial charge is 0.316 e. The van der Waals surface area contributed by atoms with Crippen molar-refractivity contribution in [2.24, 2.45) is 11.3 Å². The molecule has 1 nitrogen and oxygen atoms in total. The SMILES string of the molecule is CCC12CCCC1CNC2. The van der Waals surface area contributed by atoms with Crippen LogP contribution in [0.2, 0.25) is 0 Å². The van der Waals surface area contributed by atoms with Gasteiger partial charge in [0.15, 0.2) is 0 Å². The second-order valence-corrected chi connectivity index (χ2v) is 3.94. The Balaban J connectivity index is 2.15. The Morgan fingerprint density at radius 3 is 3.20 bits per heavy atom. The molecule has 0 aromatic rings. The van der Waals surface area contributed by atoms with E-state index in [0.717, 1.165) is 11.3 Å². The molecule has 0 bridgehead atoms. The van der Waals surface area contributed by atoms with Crippen LogP contribution < -0.4 is 5.32 Å². The van der Waals surface area contributed by atoms with Gasteiger partial charge < -0.3 is 5.32 Å². The van der Waals surface area contributed by atoms with Gasteiger partial charge in [0.1, 0.15) is 0 Å². The molecule has 0 aromatic heterocycles. The van der Waals surface area contributed by atoms with Crippen molar-refractivity contribution in [3.05, 3.63) is 0 Å². The molecule has 2 atom stereocenters. The van der Waals surface area contributed by atoms with E-state index in [4.69, 9.17) is 0 Å². The Bertz CT molecular complexity index is 121. The Kier molecular flexibility index (Phi) is 1.48. The van der Waals surface area contributed by atoms with Crippen LogP contribution in [0.4, 0.5) is 0 Å². The molecule has 2 rings (SSSR count). The van der Waals surface area contributed by atoms with E-state index < -0.39 is 0 Å². The van der Waals surface area contributed by atoms with Crippen LogP contribution in [0.3, 0.4) is 0 Å². The number of hydrogen-bond donors (Lipinski definition) is 1. The van der Waals surface area contributed by atoms with Crippen LogP contribution in [0.5, 0.6) is 0 Å². The summed E-state index contributed by atoms with van der Waals surface area (Å²) in [5, 5.41) is 3.52. The Morgan fingerprint density at radius 2 is 2.50 bits per heavy atom. The highest BCUT2D eigenvalue weighted by Gasteiger charge is 2.44. The lowest BCUT2D eigenvalue weighted by Gasteiger charge is -2.26. The zero-order chi connectivity index (χ0) is 7.03. The zero-order valence-electron chi connectivity index (χ0n) is 6.82. The zero-order valence-corrected chi connectivity index (χ0v) is 6.82. The quantitative estimate of drug-likeness (QED) is 0.584. The first-order valence-electron chi connectivity index (χ1n) is 4.58. The highest BCUT2D eigenvalue weighted by atomic mass is 14.9. The summed E-state index contributed by atoms with van der Waals surface area (Å²) in [6, 6.07) is 0. The summed E-state index contributed by atoms with van der Waals surface area (Å²) in [7, 11) is 0. The fourth-order valence-electron chi connectivity index (χ4n) is 2.85. The molecule has 58 valence electrons. The second kappa shape index (κ2) is 2.23. The third kappa shape index (κ3) is 0.731. The third-order valence-electron chi connectivity index (χ3n) is 3.67. The predicted molar refractivity (Wildman–Crippen MR) is 42.9 cm³/mol. The summed E-state index contributed by atoms with van der Waals surface area (Å²) in [5.41, 5.74) is 0.736. The van der Waals surface area contributed by atoms with E-state index in [1.54, 1.807) is 0 Å². The summed E-state index contributed by atoms with van der Waals surface area (Å²) >= 11 is 0. The second-order valence-electron chi connectivity index (χ2n) is 3.94. The molecule has 1 aliphatic carbocycles. The molecule has 0 spiro atoms. The van der Waals surface area contributed by atoms with Crippen LogP contribution >= 0.6 is 0 Å². The molecule has 1 heterocycles. The van der Waals surface area contributed by atoms with Crippen LogP contribution in [0.15, 0.2) is 0 Å². The molecule has 1 N–H and O–H groups in total. The fourth-order valence-corrected chi connectivity index (χ4v) is 2.85. The predicted octanol–water partition coefficient (Wildman–Crippen LogP) is 1.79. The van der Waals surface area contributed by atoms with Gasteiger partial charge in [0.05, 0.1) is 0 Å². The summed E-state index contributed by atoms with van der Waals surface area (Å²) in [4.78, 5) is 0. The maximum Gasteiger partial charge on any atom is 0.00110 e. The van der Waals surface area contributed by atoms with E-state index in [0.29, 0.717) is 0 Å². The molecule has 1 heteroatoms. The third-order valence-corrected chi connectivity index (χ3v) is 3.67. The first-order chi connectivity index (χ1) is 4.87. The molecular weight excluding hydrogens is 122 g/mol. The Labute approximate surface area is 63.2 Å². The molecule has 0 radical (unpaired) electrons. The van der Waals surface area contributed by atoms with Crippen LogP contribution in [-0.2, 0) is 0 Å². The average Bonchev–Trinajstić information content (AvgIpc) is 2.42. The van der Waals surface area contributed by atoms with Gasteiger partial charge in [0, 0.05) is 6.54 Å². The molecule has 2 unspecified atom stereocenters. The number of nitrogens with one attached hydrogen (secondary N) is 1. The molecule has 1 aliphatic heterocycles. The molecule has 1 saturated carbocycles. The molecule has 2 aliphatic rings. The maximum atomic E-state index is 3.52. The lowest BCUT2D eigenvalue weighted by Crippen LogP contribution is -2.23. The first kappa shape index (κ1) is 6.66. The Hall–Kier alpha value is -0.0400. The van der Waals surface area contributed by atoms with Gasteiger partial charge in [0.25, 0.3) is 0 Å². The summed E-state index contributed by atoms with van der Waals surface area (Å²) in [6.45, 7) is 4.95. The Morgan fingerprint density at radius 1 is 1.60 bits per heavy atom. The standard InChI is InChI=1S/C9H17N/c1-2-9-5-3-4-8(9)6-10-7-9/h8,10H,2-7H2,1H3. The minimum Gasteiger partial charge on any atom is -0.316 e. The highest BCUT2D eigenvalue weighted by molar-refractivity contribution is 4.97. The molecule has 0 aromatic carbocycles. The van der Waals surface area contributed by atoms with Gasteiger partial charge in [0.2, 0.25) is 0 Å². The lowest BCUT2D eigenvalue weighted by molar-refractivity contribution is 0.258.